The van der Waals surface area contributed by atoms with Crippen LogP contribution in [0.4, 0.5) is 0 Å². The van der Waals surface area contributed by atoms with Crippen LogP contribution in [-0.2, 0) is 38.3 Å². The van der Waals surface area contributed by atoms with Crippen molar-refractivity contribution in [2.75, 3.05) is 19.8 Å². The maximum Gasteiger partial charge on any atom is 0.325 e. The number of carbonyl (C=O) groups excluding carboxylic acids is 5. The topological polar surface area (TPSA) is 188 Å². The van der Waals surface area contributed by atoms with E-state index in [1.54, 1.807) is 19.1 Å². The Morgan fingerprint density at radius 2 is 1.87 bits per heavy atom. The number of hydrogen-bond acceptors (Lipinski definition) is 11. The quantitative estimate of drug-likeness (QED) is 0.0897. The fraction of sp³-hybridized carbons (Fsp3) is 0.727. The first-order valence-corrected chi connectivity index (χ1v) is 16.7. The van der Waals surface area contributed by atoms with Gasteiger partial charge in [0.2, 0.25) is 11.7 Å². The number of alkyl halides is 1. The van der Waals surface area contributed by atoms with Crippen LogP contribution in [0.2, 0.25) is 0 Å². The van der Waals surface area contributed by atoms with Gasteiger partial charge in [-0.1, -0.05) is 45.8 Å². The predicted molar refractivity (Wildman–Crippen MR) is 167 cm³/mol. The molecule has 2 N–H and O–H groups in total. The normalized spacial score (nSPS) is 35.4. The molecule has 13 nitrogen and oxygen atoms in total. The van der Waals surface area contributed by atoms with E-state index >= 15 is 0 Å². The summed E-state index contributed by atoms with van der Waals surface area (Å²) in [6.45, 7) is 5.99. The zero-order valence-corrected chi connectivity index (χ0v) is 28.1. The molecule has 0 saturated heterocycles. The van der Waals surface area contributed by atoms with Crippen molar-refractivity contribution in [3.05, 3.63) is 33.9 Å². The van der Waals surface area contributed by atoms with Gasteiger partial charge in [0.05, 0.1) is 17.6 Å². The van der Waals surface area contributed by atoms with Gasteiger partial charge in [0.25, 0.3) is 5.09 Å². The van der Waals surface area contributed by atoms with Gasteiger partial charge in [-0.05, 0) is 62.5 Å². The number of Topliss-reactive ketones (excluding diaryl/α,β-unsaturated/α-hetero) is 1. The lowest BCUT2D eigenvalue weighted by Gasteiger charge is -2.64. The second-order valence-electron chi connectivity index (χ2n) is 13.7. The molecule has 0 aromatic rings. The van der Waals surface area contributed by atoms with Crippen LogP contribution in [0.25, 0.3) is 0 Å². The number of rotatable bonds is 14. The molecule has 0 aromatic carbocycles. The number of hydrogen-bond donors (Lipinski definition) is 2. The molecule has 3 saturated carbocycles. The zero-order valence-electron chi connectivity index (χ0n) is 27.4. The van der Waals surface area contributed by atoms with Gasteiger partial charge in [0, 0.05) is 29.6 Å². The lowest BCUT2D eigenvalue weighted by Crippen LogP contribution is -2.69. The highest BCUT2D eigenvalue weighted by Gasteiger charge is 2.76. The van der Waals surface area contributed by atoms with Gasteiger partial charge in [-0.2, -0.15) is 0 Å². The molecule has 2 unspecified atom stereocenters. The number of ketones is 2. The van der Waals surface area contributed by atoms with Crippen LogP contribution < -0.4 is 5.32 Å². The van der Waals surface area contributed by atoms with Gasteiger partial charge in [-0.25, -0.2) is 0 Å². The Hall–Kier alpha value is -3.32. The molecule has 0 spiro atoms. The highest BCUT2D eigenvalue weighted by atomic mass is 35.5. The van der Waals surface area contributed by atoms with Crippen LogP contribution in [0, 0.1) is 38.7 Å². The molecular formula is C33H45ClN2O11. The second-order valence-corrected chi connectivity index (χ2v) is 14.3. The Morgan fingerprint density at radius 1 is 1.15 bits per heavy atom. The Labute approximate surface area is 278 Å². The minimum Gasteiger partial charge on any atom is -0.456 e. The SMILES string of the molecule is CCC(=O)O[C@]1(C(=O)COC(=O)CNC(=O)CCCCCO[N+](=O)[O-])[C@@H](C)CC2C3CCC4=CC(=O)C=C[C@]4(C)[C@@]3(Cl)[C@@H](O)C[C@@]21C. The number of nitrogens with zero attached hydrogens (tertiary/aromatic N) is 1. The Balaban J connectivity index is 1.47. The Morgan fingerprint density at radius 3 is 2.55 bits per heavy atom. The zero-order chi connectivity index (χ0) is 34.8. The number of unbranched alkanes of at least 4 members (excludes halogenated alkanes) is 2. The standard InChI is InChI=1S/C33H45ClN2O11/c1-5-28(41)47-33(26(39)19-45-29(42)18-35-27(40)9-7-6-8-14-46-36(43)44)20(2)15-24-23-11-10-21-16-22(37)12-13-30(21,3)32(23,34)25(38)17-31(24,33)4/h12-13,16,20,23-25,38H,5-11,14-15,17-19H2,1-4H3,(H,35,40)/t20-,23?,24?,25-,30-,31-,32-,33-/m0/s1. The van der Waals surface area contributed by atoms with Crippen LogP contribution >= 0.6 is 11.6 Å². The molecule has 0 heterocycles. The van der Waals surface area contributed by atoms with Gasteiger partial charge in [0.1, 0.15) is 6.54 Å². The maximum absolute atomic E-state index is 14.2. The third kappa shape index (κ3) is 6.45. The first-order valence-electron chi connectivity index (χ1n) is 16.3. The molecule has 47 heavy (non-hydrogen) atoms. The molecule has 14 heteroatoms. The monoisotopic (exact) mass is 680 g/mol. The van der Waals surface area contributed by atoms with E-state index in [-0.39, 0.29) is 43.5 Å². The molecule has 0 aromatic heterocycles. The van der Waals surface area contributed by atoms with Crippen molar-refractivity contribution in [2.24, 2.45) is 28.6 Å². The lowest BCUT2D eigenvalue weighted by molar-refractivity contribution is -0.757. The lowest BCUT2D eigenvalue weighted by atomic mass is 9.45. The number of esters is 2. The molecule has 260 valence electrons. The smallest absolute Gasteiger partial charge is 0.325 e. The summed E-state index contributed by atoms with van der Waals surface area (Å²) in [7, 11) is 0. The number of aliphatic hydroxyl groups is 1. The van der Waals surface area contributed by atoms with E-state index < -0.39 is 75.2 Å². The van der Waals surface area contributed by atoms with E-state index in [0.29, 0.717) is 38.5 Å². The van der Waals surface area contributed by atoms with E-state index in [9.17, 15) is 39.2 Å². The van der Waals surface area contributed by atoms with Gasteiger partial charge < -0.3 is 24.7 Å². The molecule has 0 bridgehead atoms. The number of aliphatic hydroxyl groups excluding tert-OH is 1. The number of carbonyl (C=O) groups is 5. The molecule has 4 rings (SSSR count). The number of halogens is 1. The molecule has 0 aliphatic heterocycles. The van der Waals surface area contributed by atoms with Crippen LogP contribution in [-0.4, -0.2) is 75.9 Å². The van der Waals surface area contributed by atoms with Crippen molar-refractivity contribution in [3.63, 3.8) is 0 Å². The summed E-state index contributed by atoms with van der Waals surface area (Å²) < 4.78 is 11.4. The largest absolute Gasteiger partial charge is 0.456 e. The Kier molecular flexibility index (Phi) is 10.9. The molecule has 8 atom stereocenters. The summed E-state index contributed by atoms with van der Waals surface area (Å²) in [5.74, 6) is -3.61. The van der Waals surface area contributed by atoms with E-state index in [0.717, 1.165) is 5.57 Å². The van der Waals surface area contributed by atoms with Crippen LogP contribution in [0.15, 0.2) is 23.8 Å². The number of ether oxygens (including phenoxy) is 2. The van der Waals surface area contributed by atoms with Crippen molar-refractivity contribution in [1.29, 1.82) is 0 Å². The van der Waals surface area contributed by atoms with Crippen molar-refractivity contribution in [3.8, 4) is 0 Å². The Bertz CT molecular complexity index is 1370. The maximum atomic E-state index is 14.2. The summed E-state index contributed by atoms with van der Waals surface area (Å²) >= 11 is 7.52. The average molecular weight is 681 g/mol. The predicted octanol–water partition coefficient (Wildman–Crippen LogP) is 3.56. The van der Waals surface area contributed by atoms with Gasteiger partial charge in [-0.15, -0.1) is 21.7 Å². The second kappa shape index (κ2) is 14.0. The fourth-order valence-electron chi connectivity index (χ4n) is 8.92. The highest BCUT2D eigenvalue weighted by molar-refractivity contribution is 6.26. The molecule has 4 aliphatic carbocycles. The first-order chi connectivity index (χ1) is 22.1. The van der Waals surface area contributed by atoms with Crippen molar-refractivity contribution in [1.82, 2.24) is 5.32 Å². The van der Waals surface area contributed by atoms with Crippen molar-refractivity contribution < 1.29 is 48.5 Å². The first kappa shape index (κ1) is 36.5. The molecule has 4 aliphatic rings. The summed E-state index contributed by atoms with van der Waals surface area (Å²) in [6.07, 6.45) is 6.88. The van der Waals surface area contributed by atoms with E-state index in [1.165, 1.54) is 6.08 Å². The molecular weight excluding hydrogens is 636 g/mol. The van der Waals surface area contributed by atoms with Crippen molar-refractivity contribution >= 4 is 41.0 Å². The third-order valence-corrected chi connectivity index (χ3v) is 12.1. The van der Waals surface area contributed by atoms with Crippen molar-refractivity contribution in [2.45, 2.75) is 102 Å². The molecule has 1 amide bonds. The van der Waals surface area contributed by atoms with Crippen LogP contribution in [0.1, 0.15) is 85.5 Å². The van der Waals surface area contributed by atoms with E-state index in [4.69, 9.17) is 21.1 Å². The van der Waals surface area contributed by atoms with Gasteiger partial charge in [-0.3, -0.25) is 24.0 Å². The number of nitrogens with one attached hydrogen (secondary N) is 1. The van der Waals surface area contributed by atoms with Gasteiger partial charge >= 0.3 is 11.9 Å². The summed E-state index contributed by atoms with van der Waals surface area (Å²) in [6, 6.07) is 0. The third-order valence-electron chi connectivity index (χ3n) is 11.2. The van der Waals surface area contributed by atoms with E-state index in [1.807, 2.05) is 20.8 Å². The number of fused-ring (bicyclic) bond motifs is 5. The summed E-state index contributed by atoms with van der Waals surface area (Å²) in [4.78, 5) is 77.3. The molecule has 0 radical (unpaired) electrons. The van der Waals surface area contributed by atoms with Crippen LogP contribution in [0.3, 0.4) is 0 Å². The van der Waals surface area contributed by atoms with E-state index in [2.05, 4.69) is 10.2 Å². The number of amides is 1. The van der Waals surface area contributed by atoms with Gasteiger partial charge in [0.15, 0.2) is 18.0 Å². The molecule has 3 fully saturated rings. The summed E-state index contributed by atoms with van der Waals surface area (Å²) in [5, 5.41) is 23.6. The minimum absolute atomic E-state index is 0.00748. The average Bonchev–Trinajstić information content (AvgIpc) is 3.23. The fourth-order valence-corrected chi connectivity index (χ4v) is 9.44. The highest BCUT2D eigenvalue weighted by Crippen LogP contribution is 2.72. The minimum atomic E-state index is -1.71. The summed E-state index contributed by atoms with van der Waals surface area (Å²) in [5.41, 5.74) is -2.68. The number of allylic oxidation sites excluding steroid dienone is 4. The van der Waals surface area contributed by atoms with Crippen LogP contribution in [0.5, 0.6) is 0 Å².